The molecule has 0 bridgehead atoms. The van der Waals surface area contributed by atoms with Crippen LogP contribution in [0.5, 0.6) is 5.75 Å². The van der Waals surface area contributed by atoms with Crippen LogP contribution in [0.15, 0.2) is 59.2 Å². The Hall–Kier alpha value is -3.41. The largest absolute Gasteiger partial charge is 0.494 e. The van der Waals surface area contributed by atoms with Crippen molar-refractivity contribution in [2.75, 3.05) is 24.1 Å². The third kappa shape index (κ3) is 11.5. The number of anilines is 1. The molecule has 1 aromatic heterocycles. The Morgan fingerprint density at radius 2 is 1.80 bits per heavy atom. The molecule has 0 unspecified atom stereocenters. The standard InChI is InChI=1S/C30H42N4O6S/c1-4-6-7-8-16-39-25-14-12-23(13-15-25)18-26(28(35)20-31-19-24-11-9-10-22(5-2)17-24)32-29(36)27-21-40-30(33-27)34-41(3,37)38/h9-15,17,21,26,28,31,35H,4-8,16,18-20H2,1-3H3,(H,32,36)(H,33,34)/t26-,28+/m0/s1. The van der Waals surface area contributed by atoms with E-state index in [4.69, 9.17) is 9.15 Å². The number of amides is 1. The first-order valence-corrected chi connectivity index (χ1v) is 16.0. The van der Waals surface area contributed by atoms with Gasteiger partial charge in [-0.05, 0) is 48.1 Å². The number of carbonyl (C=O) groups is 1. The summed E-state index contributed by atoms with van der Waals surface area (Å²) in [7, 11) is -3.61. The number of rotatable bonds is 18. The molecular formula is C30H42N4O6S. The molecule has 3 aromatic rings. The SMILES string of the molecule is CCCCCCOc1ccc(C[C@H](NC(=O)c2coc(NS(C)(=O)=O)n2)[C@H](O)CNCc2cccc(CC)c2)cc1. The lowest BCUT2D eigenvalue weighted by Gasteiger charge is -2.24. The van der Waals surface area contributed by atoms with Crippen LogP contribution < -0.4 is 20.1 Å². The minimum Gasteiger partial charge on any atom is -0.494 e. The lowest BCUT2D eigenvalue weighted by molar-refractivity contribution is 0.0825. The van der Waals surface area contributed by atoms with Gasteiger partial charge in [0.2, 0.25) is 10.0 Å². The first-order chi connectivity index (χ1) is 19.7. The Kier molecular flexibility index (Phi) is 12.6. The Morgan fingerprint density at radius 3 is 2.51 bits per heavy atom. The molecule has 1 heterocycles. The van der Waals surface area contributed by atoms with Gasteiger partial charge >= 0.3 is 6.01 Å². The summed E-state index contributed by atoms with van der Waals surface area (Å²) in [6.07, 6.45) is 6.91. The third-order valence-electron chi connectivity index (χ3n) is 6.52. The molecule has 0 saturated heterocycles. The molecule has 0 aliphatic heterocycles. The molecule has 2 aromatic carbocycles. The highest BCUT2D eigenvalue weighted by Gasteiger charge is 2.24. The lowest BCUT2D eigenvalue weighted by Crippen LogP contribution is -2.48. The molecule has 10 nitrogen and oxygen atoms in total. The van der Waals surface area contributed by atoms with E-state index in [1.807, 2.05) is 36.4 Å². The van der Waals surface area contributed by atoms with Crippen LogP contribution in [0.25, 0.3) is 0 Å². The van der Waals surface area contributed by atoms with E-state index < -0.39 is 28.1 Å². The third-order valence-corrected chi connectivity index (χ3v) is 7.06. The number of oxazole rings is 1. The average Bonchev–Trinajstić information content (AvgIpc) is 3.40. The Morgan fingerprint density at radius 1 is 1.05 bits per heavy atom. The highest BCUT2D eigenvalue weighted by Crippen LogP contribution is 2.16. The van der Waals surface area contributed by atoms with Gasteiger partial charge in [0.25, 0.3) is 5.91 Å². The van der Waals surface area contributed by atoms with Crippen molar-refractivity contribution in [3.8, 4) is 5.75 Å². The molecule has 41 heavy (non-hydrogen) atoms. The van der Waals surface area contributed by atoms with Crippen LogP contribution in [-0.2, 0) is 29.4 Å². The first kappa shape index (κ1) is 32.1. The van der Waals surface area contributed by atoms with Crippen LogP contribution >= 0.6 is 0 Å². The molecule has 0 aliphatic rings. The molecule has 0 saturated carbocycles. The van der Waals surface area contributed by atoms with Crippen molar-refractivity contribution in [2.45, 2.75) is 71.1 Å². The molecule has 11 heteroatoms. The van der Waals surface area contributed by atoms with Crippen LogP contribution in [0.2, 0.25) is 0 Å². The second kappa shape index (κ2) is 16.1. The van der Waals surface area contributed by atoms with Gasteiger partial charge < -0.3 is 24.9 Å². The van der Waals surface area contributed by atoms with Gasteiger partial charge in [-0.25, -0.2) is 13.1 Å². The molecule has 0 radical (unpaired) electrons. The summed E-state index contributed by atoms with van der Waals surface area (Å²) < 4.78 is 35.9. The van der Waals surface area contributed by atoms with Gasteiger partial charge in [-0.3, -0.25) is 4.79 Å². The Balaban J connectivity index is 1.65. The number of benzene rings is 2. The molecular weight excluding hydrogens is 544 g/mol. The van der Waals surface area contributed by atoms with E-state index in [2.05, 4.69) is 46.3 Å². The Labute approximate surface area is 243 Å². The number of aliphatic hydroxyl groups is 1. The number of ether oxygens (including phenoxy) is 1. The molecule has 3 rings (SSSR count). The fraction of sp³-hybridized carbons (Fsp3) is 0.467. The quantitative estimate of drug-likeness (QED) is 0.164. The number of nitrogens with one attached hydrogen (secondary N) is 3. The van der Waals surface area contributed by atoms with Gasteiger partial charge in [-0.2, -0.15) is 4.98 Å². The van der Waals surface area contributed by atoms with Crippen molar-refractivity contribution >= 4 is 21.9 Å². The van der Waals surface area contributed by atoms with E-state index in [0.717, 1.165) is 48.7 Å². The number of hydrogen-bond acceptors (Lipinski definition) is 8. The normalized spacial score (nSPS) is 13.0. The number of unbranched alkanes of at least 4 members (excludes halogenated alkanes) is 3. The van der Waals surface area contributed by atoms with Gasteiger partial charge in [0.15, 0.2) is 5.69 Å². The predicted octanol–water partition coefficient (Wildman–Crippen LogP) is 4.06. The summed E-state index contributed by atoms with van der Waals surface area (Å²) in [6, 6.07) is 14.9. The molecule has 224 valence electrons. The summed E-state index contributed by atoms with van der Waals surface area (Å²) in [5, 5.41) is 17.2. The van der Waals surface area contributed by atoms with Gasteiger partial charge in [0.05, 0.1) is 25.0 Å². The van der Waals surface area contributed by atoms with Crippen molar-refractivity contribution in [1.82, 2.24) is 15.6 Å². The Bertz CT molecular complexity index is 1330. The second-order valence-corrected chi connectivity index (χ2v) is 11.9. The van der Waals surface area contributed by atoms with Crippen LogP contribution in [0.1, 0.15) is 66.7 Å². The zero-order valence-electron chi connectivity index (χ0n) is 24.1. The second-order valence-electron chi connectivity index (χ2n) is 10.1. The van der Waals surface area contributed by atoms with Crippen molar-refractivity contribution < 1.29 is 27.5 Å². The van der Waals surface area contributed by atoms with Crippen molar-refractivity contribution in [1.29, 1.82) is 0 Å². The number of aryl methyl sites for hydroxylation is 1. The van der Waals surface area contributed by atoms with E-state index in [-0.39, 0.29) is 18.3 Å². The smallest absolute Gasteiger partial charge is 0.309 e. The zero-order valence-corrected chi connectivity index (χ0v) is 24.9. The topological polar surface area (TPSA) is 143 Å². The van der Waals surface area contributed by atoms with Crippen molar-refractivity contribution in [3.05, 3.63) is 77.2 Å². The van der Waals surface area contributed by atoms with Gasteiger partial charge in [0, 0.05) is 13.1 Å². The predicted molar refractivity (Wildman–Crippen MR) is 160 cm³/mol. The number of aliphatic hydroxyl groups excluding tert-OH is 1. The monoisotopic (exact) mass is 586 g/mol. The maximum Gasteiger partial charge on any atom is 0.309 e. The fourth-order valence-corrected chi connectivity index (χ4v) is 4.68. The number of aromatic nitrogens is 1. The van der Waals surface area contributed by atoms with Gasteiger partial charge in [-0.1, -0.05) is 69.5 Å². The summed E-state index contributed by atoms with van der Waals surface area (Å²) in [6.45, 7) is 5.74. The number of nitrogens with zero attached hydrogens (tertiary/aromatic N) is 1. The maximum atomic E-state index is 13.0. The molecule has 0 fully saturated rings. The van der Waals surface area contributed by atoms with E-state index >= 15 is 0 Å². The highest BCUT2D eigenvalue weighted by molar-refractivity contribution is 7.91. The average molecular weight is 587 g/mol. The van der Waals surface area contributed by atoms with Gasteiger partial charge in [0.1, 0.15) is 12.0 Å². The van der Waals surface area contributed by atoms with Crippen LogP contribution in [0, 0.1) is 0 Å². The van der Waals surface area contributed by atoms with Crippen LogP contribution in [0.4, 0.5) is 6.01 Å². The van der Waals surface area contributed by atoms with E-state index in [1.54, 1.807) is 0 Å². The van der Waals surface area contributed by atoms with Crippen LogP contribution in [-0.4, -0.2) is 56.0 Å². The minimum atomic E-state index is -3.61. The van der Waals surface area contributed by atoms with E-state index in [9.17, 15) is 18.3 Å². The van der Waals surface area contributed by atoms with E-state index in [1.165, 1.54) is 18.4 Å². The maximum absolute atomic E-state index is 13.0. The number of hydrogen-bond donors (Lipinski definition) is 4. The van der Waals surface area contributed by atoms with Crippen molar-refractivity contribution in [3.63, 3.8) is 0 Å². The highest BCUT2D eigenvalue weighted by atomic mass is 32.2. The zero-order chi connectivity index (χ0) is 29.7. The summed E-state index contributed by atoms with van der Waals surface area (Å²) in [5.41, 5.74) is 3.14. The van der Waals surface area contributed by atoms with Crippen LogP contribution in [0.3, 0.4) is 0 Å². The van der Waals surface area contributed by atoms with Gasteiger partial charge in [-0.15, -0.1) is 0 Å². The summed E-state index contributed by atoms with van der Waals surface area (Å²) in [5.74, 6) is 0.179. The lowest BCUT2D eigenvalue weighted by atomic mass is 10.0. The summed E-state index contributed by atoms with van der Waals surface area (Å²) >= 11 is 0. The molecule has 0 aliphatic carbocycles. The number of carbonyl (C=O) groups excluding carboxylic acids is 1. The molecule has 4 N–H and O–H groups in total. The van der Waals surface area contributed by atoms with Crippen molar-refractivity contribution in [2.24, 2.45) is 0 Å². The molecule has 2 atom stereocenters. The molecule has 1 amide bonds. The first-order valence-electron chi connectivity index (χ1n) is 14.1. The van der Waals surface area contributed by atoms with E-state index in [0.29, 0.717) is 19.6 Å². The molecule has 0 spiro atoms. The fourth-order valence-electron chi connectivity index (χ4n) is 4.27. The minimum absolute atomic E-state index is 0.107. The number of sulfonamides is 1. The summed E-state index contributed by atoms with van der Waals surface area (Å²) in [4.78, 5) is 16.9.